The topological polar surface area (TPSA) is 37.8 Å². The van der Waals surface area contributed by atoms with Crippen molar-refractivity contribution < 1.29 is 0 Å². The molecular weight excluding hydrogens is 322 g/mol. The monoisotopic (exact) mass is 339 g/mol. The van der Waals surface area contributed by atoms with Gasteiger partial charge in [-0.3, -0.25) is 0 Å². The van der Waals surface area contributed by atoms with Crippen molar-refractivity contribution in [3.8, 4) is 0 Å². The Morgan fingerprint density at radius 3 is 2.63 bits per heavy atom. The molecule has 0 bridgehead atoms. The molecule has 2 aromatic heterocycles. The van der Waals surface area contributed by atoms with Gasteiger partial charge < -0.3 is 5.32 Å². The van der Waals surface area contributed by atoms with Gasteiger partial charge in [0.25, 0.3) is 0 Å². The van der Waals surface area contributed by atoms with E-state index in [1.165, 1.54) is 10.4 Å². The van der Waals surface area contributed by atoms with Crippen molar-refractivity contribution in [3.63, 3.8) is 0 Å². The Balaban J connectivity index is 2.17. The number of thiophene rings is 1. The summed E-state index contributed by atoms with van der Waals surface area (Å²) in [6.45, 7) is 9.27. The molecule has 5 heteroatoms. The number of aromatic nitrogens is 2. The molecule has 0 saturated carbocycles. The van der Waals surface area contributed by atoms with Crippen LogP contribution in [0.2, 0.25) is 0 Å². The fourth-order valence-electron chi connectivity index (χ4n) is 1.60. The lowest BCUT2D eigenvalue weighted by Gasteiger charge is -2.17. The molecule has 102 valence electrons. The zero-order chi connectivity index (χ0) is 14.0. The quantitative estimate of drug-likeness (QED) is 0.835. The fraction of sp³-hybridized carbons (Fsp3) is 0.429. The molecule has 2 aromatic rings. The molecule has 3 nitrogen and oxygen atoms in total. The second-order valence-corrected chi connectivity index (χ2v) is 7.34. The van der Waals surface area contributed by atoms with Crippen molar-refractivity contribution in [2.75, 3.05) is 5.32 Å². The van der Waals surface area contributed by atoms with Crippen molar-refractivity contribution in [2.24, 2.45) is 0 Å². The molecule has 19 heavy (non-hydrogen) atoms. The van der Waals surface area contributed by atoms with Crippen LogP contribution < -0.4 is 5.32 Å². The summed E-state index contributed by atoms with van der Waals surface area (Å²) in [5.74, 6) is 1.70. The Morgan fingerprint density at radius 1 is 1.32 bits per heavy atom. The molecule has 0 atom stereocenters. The Hall–Kier alpha value is -0.940. The second kappa shape index (κ2) is 5.59. The molecule has 0 aliphatic rings. The Morgan fingerprint density at radius 2 is 2.05 bits per heavy atom. The number of rotatable bonds is 3. The zero-order valence-electron chi connectivity index (χ0n) is 11.6. The minimum atomic E-state index is -0.0565. The molecule has 0 aromatic carbocycles. The first-order valence-electron chi connectivity index (χ1n) is 6.18. The minimum Gasteiger partial charge on any atom is -0.365 e. The van der Waals surface area contributed by atoms with Gasteiger partial charge >= 0.3 is 0 Å². The number of anilines is 1. The molecule has 2 rings (SSSR count). The van der Waals surface area contributed by atoms with Gasteiger partial charge in [-0.15, -0.1) is 11.3 Å². The molecule has 2 heterocycles. The lowest BCUT2D eigenvalue weighted by Crippen LogP contribution is -2.17. The summed E-state index contributed by atoms with van der Waals surface area (Å²) in [6, 6.07) is 4.05. The number of hydrogen-bond acceptors (Lipinski definition) is 4. The van der Waals surface area contributed by atoms with Crippen LogP contribution in [0.1, 0.15) is 37.0 Å². The largest absolute Gasteiger partial charge is 0.365 e. The van der Waals surface area contributed by atoms with Gasteiger partial charge in [-0.2, -0.15) is 0 Å². The van der Waals surface area contributed by atoms with Gasteiger partial charge in [0.15, 0.2) is 0 Å². The van der Waals surface area contributed by atoms with Crippen LogP contribution in [0.25, 0.3) is 0 Å². The standard InChI is InChI=1S/C14H18BrN3S/c1-9-5-6-19-10(9)8-16-12-7-11(15)17-13(18-12)14(2,3)4/h5-7H,8H2,1-4H3,(H,16,17,18). The summed E-state index contributed by atoms with van der Waals surface area (Å²) in [7, 11) is 0. The van der Waals surface area contributed by atoms with Crippen LogP contribution in [0.4, 0.5) is 5.82 Å². The van der Waals surface area contributed by atoms with E-state index in [-0.39, 0.29) is 5.41 Å². The SMILES string of the molecule is Cc1ccsc1CNc1cc(Br)nc(C(C)(C)C)n1. The van der Waals surface area contributed by atoms with Crippen LogP contribution in [0.15, 0.2) is 22.1 Å². The lowest BCUT2D eigenvalue weighted by atomic mass is 9.96. The highest BCUT2D eigenvalue weighted by Crippen LogP contribution is 2.23. The number of halogens is 1. The maximum Gasteiger partial charge on any atom is 0.137 e. The maximum atomic E-state index is 4.59. The first-order chi connectivity index (χ1) is 8.86. The van der Waals surface area contributed by atoms with Crippen molar-refractivity contribution in [1.82, 2.24) is 9.97 Å². The molecule has 0 radical (unpaired) electrons. The average molecular weight is 340 g/mol. The summed E-state index contributed by atoms with van der Waals surface area (Å²) in [6.07, 6.45) is 0. The molecule has 1 N–H and O–H groups in total. The van der Waals surface area contributed by atoms with E-state index in [0.717, 1.165) is 22.8 Å². The van der Waals surface area contributed by atoms with Gasteiger partial charge in [-0.05, 0) is 39.9 Å². The molecule has 0 amide bonds. The first kappa shape index (κ1) is 14.5. The Bertz CT molecular complexity index is 572. The van der Waals surface area contributed by atoms with Crippen LogP contribution in [0, 0.1) is 6.92 Å². The van der Waals surface area contributed by atoms with E-state index in [1.54, 1.807) is 11.3 Å². The van der Waals surface area contributed by atoms with Crippen LogP contribution in [-0.4, -0.2) is 9.97 Å². The third-order valence-corrected chi connectivity index (χ3v) is 4.19. The van der Waals surface area contributed by atoms with E-state index in [1.807, 2.05) is 6.07 Å². The molecular formula is C14H18BrN3S. The predicted octanol–water partition coefficient (Wildman–Crippen LogP) is 4.52. The van der Waals surface area contributed by atoms with Gasteiger partial charge in [0.1, 0.15) is 16.2 Å². The highest BCUT2D eigenvalue weighted by molar-refractivity contribution is 9.10. The molecule has 0 unspecified atom stereocenters. The van der Waals surface area contributed by atoms with E-state index >= 15 is 0 Å². The third kappa shape index (κ3) is 3.76. The summed E-state index contributed by atoms with van der Waals surface area (Å²) >= 11 is 5.22. The van der Waals surface area contributed by atoms with E-state index in [0.29, 0.717) is 0 Å². The van der Waals surface area contributed by atoms with E-state index in [9.17, 15) is 0 Å². The summed E-state index contributed by atoms with van der Waals surface area (Å²) < 4.78 is 0.817. The van der Waals surface area contributed by atoms with E-state index in [2.05, 4.69) is 70.4 Å². The van der Waals surface area contributed by atoms with E-state index in [4.69, 9.17) is 0 Å². The number of nitrogens with one attached hydrogen (secondary N) is 1. The number of hydrogen-bond donors (Lipinski definition) is 1. The second-order valence-electron chi connectivity index (χ2n) is 5.53. The summed E-state index contributed by atoms with van der Waals surface area (Å²) in [5, 5.41) is 5.48. The van der Waals surface area contributed by atoms with Crippen molar-refractivity contribution in [1.29, 1.82) is 0 Å². The van der Waals surface area contributed by atoms with E-state index < -0.39 is 0 Å². The zero-order valence-corrected chi connectivity index (χ0v) is 14.0. The predicted molar refractivity (Wildman–Crippen MR) is 84.8 cm³/mol. The normalized spacial score (nSPS) is 11.6. The van der Waals surface area contributed by atoms with Crippen molar-refractivity contribution in [3.05, 3.63) is 38.4 Å². The smallest absolute Gasteiger partial charge is 0.137 e. The van der Waals surface area contributed by atoms with Crippen LogP contribution in [-0.2, 0) is 12.0 Å². The summed E-state index contributed by atoms with van der Waals surface area (Å²) in [4.78, 5) is 10.4. The van der Waals surface area contributed by atoms with Crippen LogP contribution >= 0.6 is 27.3 Å². The molecule has 0 fully saturated rings. The number of nitrogens with zero attached hydrogens (tertiary/aromatic N) is 2. The molecule has 0 spiro atoms. The highest BCUT2D eigenvalue weighted by atomic mass is 79.9. The van der Waals surface area contributed by atoms with Gasteiger partial charge in [0.2, 0.25) is 0 Å². The lowest BCUT2D eigenvalue weighted by molar-refractivity contribution is 0.544. The Labute approximate surface area is 126 Å². The first-order valence-corrected chi connectivity index (χ1v) is 7.85. The van der Waals surface area contributed by atoms with Gasteiger partial charge in [0.05, 0.1) is 6.54 Å². The average Bonchev–Trinajstić information content (AvgIpc) is 2.70. The fourth-order valence-corrected chi connectivity index (χ4v) is 2.83. The van der Waals surface area contributed by atoms with Crippen LogP contribution in [0.5, 0.6) is 0 Å². The van der Waals surface area contributed by atoms with Crippen molar-refractivity contribution >= 4 is 33.1 Å². The maximum absolute atomic E-state index is 4.59. The Kier molecular flexibility index (Phi) is 4.26. The minimum absolute atomic E-state index is 0.0565. The van der Waals surface area contributed by atoms with Gasteiger partial charge in [-0.25, -0.2) is 9.97 Å². The number of aryl methyl sites for hydroxylation is 1. The van der Waals surface area contributed by atoms with Crippen molar-refractivity contribution in [2.45, 2.75) is 39.7 Å². The highest BCUT2D eigenvalue weighted by Gasteiger charge is 2.18. The molecule has 0 aliphatic carbocycles. The molecule has 0 aliphatic heterocycles. The summed E-state index contributed by atoms with van der Waals surface area (Å²) in [5.41, 5.74) is 1.26. The van der Waals surface area contributed by atoms with Gasteiger partial charge in [-0.1, -0.05) is 20.8 Å². The molecule has 0 saturated heterocycles. The van der Waals surface area contributed by atoms with Gasteiger partial charge in [0, 0.05) is 16.4 Å². The van der Waals surface area contributed by atoms with Crippen LogP contribution in [0.3, 0.4) is 0 Å². The third-order valence-electron chi connectivity index (χ3n) is 2.76.